The third-order valence-corrected chi connectivity index (χ3v) is 5.87. The Kier molecular flexibility index (Phi) is 7.13. The minimum atomic E-state index is -4.46. The van der Waals surface area contributed by atoms with Gasteiger partial charge in [0.25, 0.3) is 0 Å². The first kappa shape index (κ1) is 25.0. The number of hydrogen-bond acceptors (Lipinski definition) is 7. The summed E-state index contributed by atoms with van der Waals surface area (Å²) in [5.74, 6) is 1.35. The van der Waals surface area contributed by atoms with Crippen molar-refractivity contribution in [3.05, 3.63) is 48.8 Å². The van der Waals surface area contributed by atoms with Crippen LogP contribution in [0.4, 0.5) is 23.8 Å². The van der Waals surface area contributed by atoms with Crippen molar-refractivity contribution in [2.24, 2.45) is 0 Å². The number of allylic oxidation sites excluding steroid dienone is 1. The summed E-state index contributed by atoms with van der Waals surface area (Å²) < 4.78 is 49.1. The van der Waals surface area contributed by atoms with Crippen molar-refractivity contribution in [1.82, 2.24) is 25.2 Å². The number of anilines is 1. The fourth-order valence-corrected chi connectivity index (χ4v) is 3.93. The van der Waals surface area contributed by atoms with Gasteiger partial charge in [-0.15, -0.1) is 0 Å². The second kappa shape index (κ2) is 10.3. The van der Waals surface area contributed by atoms with E-state index in [1.54, 1.807) is 38.5 Å². The highest BCUT2D eigenvalue weighted by Crippen LogP contribution is 2.32. The van der Waals surface area contributed by atoms with Crippen molar-refractivity contribution in [1.29, 1.82) is 0 Å². The van der Waals surface area contributed by atoms with Crippen LogP contribution in [-0.4, -0.2) is 65.4 Å². The topological polar surface area (TPSA) is 102 Å². The SMILES string of the molecule is C=C(N1CCC(NC(=O)Nc2cnc3ccc(-c4ccc(OC)c(OC)c4)nc3n2)CC1)C(F)(F)F. The van der Waals surface area contributed by atoms with Crippen molar-refractivity contribution >= 4 is 23.0 Å². The van der Waals surface area contributed by atoms with Crippen LogP contribution in [0, 0.1) is 0 Å². The zero-order chi connectivity index (χ0) is 25.9. The van der Waals surface area contributed by atoms with Crippen LogP contribution in [0.5, 0.6) is 11.5 Å². The third-order valence-electron chi connectivity index (χ3n) is 5.87. The Bertz CT molecular complexity index is 1280. The van der Waals surface area contributed by atoms with Gasteiger partial charge < -0.3 is 19.7 Å². The van der Waals surface area contributed by atoms with Crippen molar-refractivity contribution < 1.29 is 27.4 Å². The number of nitrogens with one attached hydrogen (secondary N) is 2. The van der Waals surface area contributed by atoms with Gasteiger partial charge in [0.15, 0.2) is 23.0 Å². The molecule has 0 aliphatic carbocycles. The molecule has 0 saturated carbocycles. The van der Waals surface area contributed by atoms with E-state index in [4.69, 9.17) is 9.47 Å². The molecule has 1 fully saturated rings. The molecule has 3 aromatic rings. The highest BCUT2D eigenvalue weighted by molar-refractivity contribution is 5.89. The Hall–Kier alpha value is -4.09. The second-order valence-electron chi connectivity index (χ2n) is 8.17. The highest BCUT2D eigenvalue weighted by atomic mass is 19.4. The quantitative estimate of drug-likeness (QED) is 0.516. The van der Waals surface area contributed by atoms with Gasteiger partial charge in [-0.25, -0.2) is 19.7 Å². The number of hydrogen-bond donors (Lipinski definition) is 2. The number of carbonyl (C=O) groups is 1. The first-order chi connectivity index (χ1) is 17.2. The van der Waals surface area contributed by atoms with Gasteiger partial charge in [-0.3, -0.25) is 5.32 Å². The summed E-state index contributed by atoms with van der Waals surface area (Å²) in [4.78, 5) is 26.9. The van der Waals surface area contributed by atoms with Crippen LogP contribution >= 0.6 is 0 Å². The normalized spacial score (nSPS) is 14.4. The monoisotopic (exact) mass is 502 g/mol. The smallest absolute Gasteiger partial charge is 0.430 e. The molecular weight excluding hydrogens is 477 g/mol. The Morgan fingerprint density at radius 1 is 1.08 bits per heavy atom. The van der Waals surface area contributed by atoms with Gasteiger partial charge in [-0.2, -0.15) is 13.2 Å². The summed E-state index contributed by atoms with van der Waals surface area (Å²) in [5.41, 5.74) is 1.43. The van der Waals surface area contributed by atoms with Gasteiger partial charge in [-0.1, -0.05) is 6.58 Å². The van der Waals surface area contributed by atoms with Crippen LogP contribution in [0.1, 0.15) is 12.8 Å². The molecule has 2 aromatic heterocycles. The molecule has 1 aliphatic rings. The largest absolute Gasteiger partial charge is 0.493 e. The van der Waals surface area contributed by atoms with E-state index in [9.17, 15) is 18.0 Å². The first-order valence-corrected chi connectivity index (χ1v) is 11.1. The number of nitrogens with zero attached hydrogens (tertiary/aromatic N) is 4. The molecule has 9 nitrogen and oxygen atoms in total. The maximum atomic E-state index is 12.8. The van der Waals surface area contributed by atoms with E-state index in [0.29, 0.717) is 41.2 Å². The number of urea groups is 1. The molecule has 1 aliphatic heterocycles. The van der Waals surface area contributed by atoms with Crippen LogP contribution in [-0.2, 0) is 0 Å². The standard InChI is InChI=1S/C24H25F3N6O3/c1-14(24(25,26)27)33-10-8-16(9-11-33)29-23(34)32-21-13-28-18-6-5-17(30-22(18)31-21)15-4-7-19(35-2)20(12-15)36-3/h4-7,12-13,16H,1,8-11H2,2-3H3,(H2,29,30,31,32,34). The molecule has 0 atom stereocenters. The highest BCUT2D eigenvalue weighted by Gasteiger charge is 2.37. The van der Waals surface area contributed by atoms with Crippen molar-refractivity contribution in [2.75, 3.05) is 32.6 Å². The first-order valence-electron chi connectivity index (χ1n) is 11.1. The van der Waals surface area contributed by atoms with E-state index < -0.39 is 17.9 Å². The number of aromatic nitrogens is 3. The molecular formula is C24H25F3N6O3. The van der Waals surface area contributed by atoms with Gasteiger partial charge >= 0.3 is 12.2 Å². The summed E-state index contributed by atoms with van der Waals surface area (Å²) in [5, 5.41) is 5.39. The average molecular weight is 502 g/mol. The van der Waals surface area contributed by atoms with E-state index in [0.717, 1.165) is 5.56 Å². The zero-order valence-corrected chi connectivity index (χ0v) is 19.7. The van der Waals surface area contributed by atoms with Crippen LogP contribution in [0.2, 0.25) is 0 Å². The molecule has 0 spiro atoms. The minimum absolute atomic E-state index is 0.155. The number of methoxy groups -OCH3 is 2. The second-order valence-corrected chi connectivity index (χ2v) is 8.17. The number of ether oxygens (including phenoxy) is 2. The number of carbonyl (C=O) groups excluding carboxylic acids is 1. The lowest BCUT2D eigenvalue weighted by Gasteiger charge is -2.35. The number of pyridine rings is 1. The molecule has 1 aromatic carbocycles. The van der Waals surface area contributed by atoms with Crippen LogP contribution in [0.15, 0.2) is 48.8 Å². The number of amides is 2. The molecule has 0 bridgehead atoms. The lowest BCUT2D eigenvalue weighted by Crippen LogP contribution is -2.47. The van der Waals surface area contributed by atoms with E-state index in [2.05, 4.69) is 32.2 Å². The number of likely N-dealkylation sites (tertiary alicyclic amines) is 1. The fraction of sp³-hybridized carbons (Fsp3) is 0.333. The summed E-state index contributed by atoms with van der Waals surface area (Å²) in [6.07, 6.45) is -2.32. The molecule has 0 unspecified atom stereocenters. The Morgan fingerprint density at radius 3 is 2.47 bits per heavy atom. The molecule has 190 valence electrons. The number of piperidine rings is 1. The third kappa shape index (κ3) is 5.58. The molecule has 1 saturated heterocycles. The van der Waals surface area contributed by atoms with Crippen LogP contribution in [0.25, 0.3) is 22.4 Å². The predicted octanol–water partition coefficient (Wildman–Crippen LogP) is 4.37. The number of alkyl halides is 3. The molecule has 2 amide bonds. The maximum Gasteiger partial charge on any atom is 0.430 e. The van der Waals surface area contributed by atoms with E-state index in [1.165, 1.54) is 11.1 Å². The van der Waals surface area contributed by atoms with Crippen molar-refractivity contribution in [3.63, 3.8) is 0 Å². The van der Waals surface area contributed by atoms with Crippen LogP contribution < -0.4 is 20.1 Å². The lowest BCUT2D eigenvalue weighted by molar-refractivity contribution is -0.112. The van der Waals surface area contributed by atoms with E-state index in [1.807, 2.05) is 6.07 Å². The summed E-state index contributed by atoms with van der Waals surface area (Å²) in [6, 6.07) is 8.20. The molecule has 2 N–H and O–H groups in total. The van der Waals surface area contributed by atoms with Gasteiger partial charge in [0.05, 0.1) is 26.1 Å². The summed E-state index contributed by atoms with van der Waals surface area (Å²) in [6.45, 7) is 3.44. The molecule has 0 radical (unpaired) electrons. The predicted molar refractivity (Wildman–Crippen MR) is 128 cm³/mol. The van der Waals surface area contributed by atoms with Gasteiger partial charge in [0.2, 0.25) is 0 Å². The van der Waals surface area contributed by atoms with Crippen molar-refractivity contribution in [2.45, 2.75) is 25.1 Å². The Balaban J connectivity index is 1.41. The maximum absolute atomic E-state index is 12.8. The van der Waals surface area contributed by atoms with Gasteiger partial charge in [0.1, 0.15) is 11.2 Å². The van der Waals surface area contributed by atoms with E-state index in [-0.39, 0.29) is 24.9 Å². The van der Waals surface area contributed by atoms with E-state index >= 15 is 0 Å². The fourth-order valence-electron chi connectivity index (χ4n) is 3.93. The molecule has 12 heteroatoms. The summed E-state index contributed by atoms with van der Waals surface area (Å²) in [7, 11) is 3.10. The summed E-state index contributed by atoms with van der Waals surface area (Å²) >= 11 is 0. The van der Waals surface area contributed by atoms with Crippen molar-refractivity contribution in [3.8, 4) is 22.8 Å². The Morgan fingerprint density at radius 2 is 1.81 bits per heavy atom. The van der Waals surface area contributed by atoms with Gasteiger partial charge in [0, 0.05) is 24.7 Å². The molecule has 3 heterocycles. The number of halogens is 3. The lowest BCUT2D eigenvalue weighted by atomic mass is 10.0. The van der Waals surface area contributed by atoms with Gasteiger partial charge in [-0.05, 0) is 43.2 Å². The number of rotatable bonds is 6. The number of benzene rings is 1. The van der Waals surface area contributed by atoms with Crippen LogP contribution in [0.3, 0.4) is 0 Å². The number of fused-ring (bicyclic) bond motifs is 1. The minimum Gasteiger partial charge on any atom is -0.493 e. The molecule has 4 rings (SSSR count). The Labute approximate surface area is 205 Å². The molecule has 36 heavy (non-hydrogen) atoms. The zero-order valence-electron chi connectivity index (χ0n) is 19.7. The average Bonchev–Trinajstić information content (AvgIpc) is 2.87.